The van der Waals surface area contributed by atoms with Crippen molar-refractivity contribution in [1.29, 1.82) is 0 Å². The summed E-state index contributed by atoms with van der Waals surface area (Å²) in [6, 6.07) is -0.279. The first-order chi connectivity index (χ1) is 7.59. The van der Waals surface area contributed by atoms with E-state index in [0.29, 0.717) is 0 Å². The first-order valence-corrected chi connectivity index (χ1v) is 6.22. The molecule has 1 unspecified atom stereocenters. The first-order valence-electron chi connectivity index (χ1n) is 6.22. The second-order valence-corrected chi connectivity index (χ2v) is 5.04. The molecule has 0 aromatic carbocycles. The van der Waals surface area contributed by atoms with Crippen molar-refractivity contribution < 1.29 is 9.59 Å². The topological polar surface area (TPSA) is 49.4 Å². The standard InChI is InChI=1S/C12H20N2O2/c1-3-4-6-9-10(15)14-8-5-7-12(14,2)11(16)13-9/h9H,3-8H2,1-2H3,(H,13,16)/t9?,12-/m0/s1. The second-order valence-electron chi connectivity index (χ2n) is 5.04. The van der Waals surface area contributed by atoms with E-state index >= 15 is 0 Å². The summed E-state index contributed by atoms with van der Waals surface area (Å²) in [5.41, 5.74) is -0.570. The van der Waals surface area contributed by atoms with Crippen molar-refractivity contribution in [2.24, 2.45) is 0 Å². The maximum absolute atomic E-state index is 12.2. The van der Waals surface area contributed by atoms with Crippen LogP contribution in [0.5, 0.6) is 0 Å². The summed E-state index contributed by atoms with van der Waals surface area (Å²) in [6.45, 7) is 4.71. The molecule has 0 spiro atoms. The predicted molar refractivity (Wildman–Crippen MR) is 60.8 cm³/mol. The highest BCUT2D eigenvalue weighted by atomic mass is 16.2. The number of amides is 2. The van der Waals surface area contributed by atoms with Crippen LogP contribution in [0.2, 0.25) is 0 Å². The summed E-state index contributed by atoms with van der Waals surface area (Å²) in [5, 5.41) is 2.88. The van der Waals surface area contributed by atoms with E-state index in [9.17, 15) is 9.59 Å². The molecular formula is C12H20N2O2. The van der Waals surface area contributed by atoms with Crippen LogP contribution in [-0.4, -0.2) is 34.8 Å². The highest BCUT2D eigenvalue weighted by Crippen LogP contribution is 2.33. The Labute approximate surface area is 96.4 Å². The van der Waals surface area contributed by atoms with Crippen LogP contribution >= 0.6 is 0 Å². The Bertz CT molecular complexity index is 316. The number of carbonyl (C=O) groups excluding carboxylic acids is 2. The summed E-state index contributed by atoms with van der Waals surface area (Å²) in [4.78, 5) is 26.0. The predicted octanol–water partition coefficient (Wildman–Crippen LogP) is 1.06. The molecule has 0 aliphatic carbocycles. The van der Waals surface area contributed by atoms with Crippen molar-refractivity contribution in [1.82, 2.24) is 10.2 Å². The molecule has 0 bridgehead atoms. The molecule has 2 saturated heterocycles. The van der Waals surface area contributed by atoms with E-state index in [0.717, 1.165) is 38.6 Å². The lowest BCUT2D eigenvalue weighted by atomic mass is 9.92. The van der Waals surface area contributed by atoms with Gasteiger partial charge in [-0.25, -0.2) is 0 Å². The zero-order chi connectivity index (χ0) is 11.8. The monoisotopic (exact) mass is 224 g/mol. The molecule has 0 saturated carbocycles. The fourth-order valence-corrected chi connectivity index (χ4v) is 2.72. The molecule has 2 aliphatic heterocycles. The number of piperazine rings is 1. The van der Waals surface area contributed by atoms with E-state index in [1.807, 2.05) is 6.92 Å². The van der Waals surface area contributed by atoms with Crippen LogP contribution in [0.1, 0.15) is 46.0 Å². The smallest absolute Gasteiger partial charge is 0.246 e. The molecule has 16 heavy (non-hydrogen) atoms. The quantitative estimate of drug-likeness (QED) is 0.779. The molecule has 1 N–H and O–H groups in total. The Balaban J connectivity index is 2.13. The third kappa shape index (κ3) is 1.60. The molecule has 4 heteroatoms. The van der Waals surface area contributed by atoms with E-state index in [1.54, 1.807) is 4.90 Å². The molecular weight excluding hydrogens is 204 g/mol. The van der Waals surface area contributed by atoms with Gasteiger partial charge in [0.25, 0.3) is 0 Å². The molecule has 4 nitrogen and oxygen atoms in total. The lowest BCUT2D eigenvalue weighted by Crippen LogP contribution is -2.67. The summed E-state index contributed by atoms with van der Waals surface area (Å²) >= 11 is 0. The second kappa shape index (κ2) is 4.07. The van der Waals surface area contributed by atoms with Gasteiger partial charge in [0.15, 0.2) is 0 Å². The van der Waals surface area contributed by atoms with Gasteiger partial charge in [0.05, 0.1) is 0 Å². The fourth-order valence-electron chi connectivity index (χ4n) is 2.72. The van der Waals surface area contributed by atoms with Crippen LogP contribution in [-0.2, 0) is 9.59 Å². The minimum atomic E-state index is -0.570. The SMILES string of the molecule is CCCCC1NC(=O)[C@]2(C)CCCN2C1=O. The zero-order valence-corrected chi connectivity index (χ0v) is 10.1. The van der Waals surface area contributed by atoms with Crippen molar-refractivity contribution in [2.75, 3.05) is 6.54 Å². The molecule has 90 valence electrons. The summed E-state index contributed by atoms with van der Waals surface area (Å²) in [6.07, 6.45) is 4.55. The fraction of sp³-hybridized carbons (Fsp3) is 0.833. The van der Waals surface area contributed by atoms with Gasteiger partial charge in [-0.2, -0.15) is 0 Å². The Morgan fingerprint density at radius 1 is 1.50 bits per heavy atom. The molecule has 2 fully saturated rings. The number of carbonyl (C=O) groups is 2. The van der Waals surface area contributed by atoms with Gasteiger partial charge >= 0.3 is 0 Å². The number of nitrogens with one attached hydrogen (secondary N) is 1. The highest BCUT2D eigenvalue weighted by Gasteiger charge is 2.51. The summed E-state index contributed by atoms with van der Waals surface area (Å²) in [7, 11) is 0. The van der Waals surface area contributed by atoms with Crippen LogP contribution in [0.4, 0.5) is 0 Å². The van der Waals surface area contributed by atoms with E-state index in [1.165, 1.54) is 0 Å². The van der Waals surface area contributed by atoms with Gasteiger partial charge in [-0.15, -0.1) is 0 Å². The maximum Gasteiger partial charge on any atom is 0.246 e. The molecule has 0 aromatic rings. The summed E-state index contributed by atoms with van der Waals surface area (Å²) in [5.74, 6) is 0.152. The average molecular weight is 224 g/mol. The average Bonchev–Trinajstić information content (AvgIpc) is 2.66. The van der Waals surface area contributed by atoms with Crippen molar-refractivity contribution in [3.63, 3.8) is 0 Å². The number of nitrogens with zero attached hydrogens (tertiary/aromatic N) is 1. The minimum absolute atomic E-state index is 0.0331. The zero-order valence-electron chi connectivity index (χ0n) is 10.1. The van der Waals surface area contributed by atoms with E-state index in [-0.39, 0.29) is 17.9 Å². The van der Waals surface area contributed by atoms with E-state index in [4.69, 9.17) is 0 Å². The molecule has 2 amide bonds. The molecule has 0 radical (unpaired) electrons. The van der Waals surface area contributed by atoms with Crippen LogP contribution in [0.25, 0.3) is 0 Å². The largest absolute Gasteiger partial charge is 0.342 e. The maximum atomic E-state index is 12.2. The van der Waals surface area contributed by atoms with Gasteiger partial charge in [-0.05, 0) is 26.2 Å². The van der Waals surface area contributed by atoms with Gasteiger partial charge in [0.1, 0.15) is 11.6 Å². The van der Waals surface area contributed by atoms with Crippen molar-refractivity contribution >= 4 is 11.8 Å². The van der Waals surface area contributed by atoms with E-state index in [2.05, 4.69) is 12.2 Å². The minimum Gasteiger partial charge on any atom is -0.342 e. The number of unbranched alkanes of at least 4 members (excludes halogenated alkanes) is 1. The van der Waals surface area contributed by atoms with E-state index < -0.39 is 5.54 Å². The van der Waals surface area contributed by atoms with Crippen molar-refractivity contribution in [2.45, 2.75) is 57.5 Å². The molecule has 2 rings (SSSR count). The number of rotatable bonds is 3. The number of fused-ring (bicyclic) bond motifs is 1. The Kier molecular flexibility index (Phi) is 2.91. The number of hydrogen-bond donors (Lipinski definition) is 1. The van der Waals surface area contributed by atoms with Crippen molar-refractivity contribution in [3.8, 4) is 0 Å². The first kappa shape index (κ1) is 11.4. The third-order valence-electron chi connectivity index (χ3n) is 3.85. The Morgan fingerprint density at radius 3 is 2.94 bits per heavy atom. The van der Waals surface area contributed by atoms with Gasteiger partial charge in [0, 0.05) is 6.54 Å². The highest BCUT2D eigenvalue weighted by molar-refractivity contribution is 6.00. The number of hydrogen-bond acceptors (Lipinski definition) is 2. The van der Waals surface area contributed by atoms with Crippen LogP contribution in [0, 0.1) is 0 Å². The lowest BCUT2D eigenvalue weighted by molar-refractivity contribution is -0.153. The Hall–Kier alpha value is -1.06. The van der Waals surface area contributed by atoms with Crippen LogP contribution in [0.3, 0.4) is 0 Å². The van der Waals surface area contributed by atoms with Gasteiger partial charge in [0.2, 0.25) is 11.8 Å². The molecule has 2 heterocycles. The van der Waals surface area contributed by atoms with Crippen LogP contribution in [0.15, 0.2) is 0 Å². The molecule has 2 aliphatic rings. The van der Waals surface area contributed by atoms with Gasteiger partial charge in [-0.1, -0.05) is 19.8 Å². The normalized spacial score (nSPS) is 33.9. The Morgan fingerprint density at radius 2 is 2.25 bits per heavy atom. The van der Waals surface area contributed by atoms with Gasteiger partial charge < -0.3 is 10.2 Å². The third-order valence-corrected chi connectivity index (χ3v) is 3.85. The van der Waals surface area contributed by atoms with Crippen LogP contribution < -0.4 is 5.32 Å². The van der Waals surface area contributed by atoms with Gasteiger partial charge in [-0.3, -0.25) is 9.59 Å². The molecule has 2 atom stereocenters. The molecule has 0 aromatic heterocycles. The lowest BCUT2D eigenvalue weighted by Gasteiger charge is -2.41. The van der Waals surface area contributed by atoms with Crippen molar-refractivity contribution in [3.05, 3.63) is 0 Å². The summed E-state index contributed by atoms with van der Waals surface area (Å²) < 4.78 is 0.